The summed E-state index contributed by atoms with van der Waals surface area (Å²) in [6.45, 7) is 6.46. The molecule has 12 heavy (non-hydrogen) atoms. The zero-order chi connectivity index (χ0) is 9.40. The van der Waals surface area contributed by atoms with Crippen LogP contribution in [0.1, 0.15) is 13.8 Å². The van der Waals surface area contributed by atoms with E-state index in [0.29, 0.717) is 26.3 Å². The van der Waals surface area contributed by atoms with E-state index in [9.17, 15) is 4.79 Å². The summed E-state index contributed by atoms with van der Waals surface area (Å²) in [6.07, 6.45) is 0. The molecule has 0 aliphatic rings. The summed E-state index contributed by atoms with van der Waals surface area (Å²) in [6, 6.07) is 0. The highest BCUT2D eigenvalue weighted by Gasteiger charge is 2.08. The van der Waals surface area contributed by atoms with E-state index in [0.717, 1.165) is 0 Å². The summed E-state index contributed by atoms with van der Waals surface area (Å²) >= 11 is 5.41. The van der Waals surface area contributed by atoms with Crippen molar-refractivity contribution in [2.45, 2.75) is 13.8 Å². The van der Waals surface area contributed by atoms with Gasteiger partial charge >= 0.3 is 0 Å². The van der Waals surface area contributed by atoms with E-state index in [1.54, 1.807) is 4.90 Å². The minimum atomic E-state index is -0.0288. The number of hydrogen-bond acceptors (Lipinski definition) is 2. The van der Waals surface area contributed by atoms with Gasteiger partial charge in [0.1, 0.15) is 5.88 Å². The van der Waals surface area contributed by atoms with Gasteiger partial charge in [0.2, 0.25) is 5.91 Å². The third kappa shape index (κ3) is 4.57. The molecule has 0 rings (SSSR count). The Morgan fingerprint density at radius 2 is 2.17 bits per heavy atom. The Balaban J connectivity index is 3.60. The first-order chi connectivity index (χ1) is 5.76. The number of hydrogen-bond donors (Lipinski definition) is 0. The maximum absolute atomic E-state index is 11.1. The van der Waals surface area contributed by atoms with Crippen LogP contribution in [0.15, 0.2) is 0 Å². The second kappa shape index (κ2) is 7.37. The lowest BCUT2D eigenvalue weighted by Crippen LogP contribution is -2.34. The van der Waals surface area contributed by atoms with Gasteiger partial charge in [-0.25, -0.2) is 0 Å². The Morgan fingerprint density at radius 3 is 2.58 bits per heavy atom. The Hall–Kier alpha value is -0.280. The van der Waals surface area contributed by atoms with Crippen LogP contribution in [0.2, 0.25) is 0 Å². The maximum Gasteiger partial charge on any atom is 0.237 e. The number of alkyl halides is 1. The summed E-state index contributed by atoms with van der Waals surface area (Å²) in [4.78, 5) is 12.8. The van der Waals surface area contributed by atoms with E-state index in [2.05, 4.69) is 0 Å². The van der Waals surface area contributed by atoms with Crippen molar-refractivity contribution in [2.24, 2.45) is 0 Å². The summed E-state index contributed by atoms with van der Waals surface area (Å²) in [7, 11) is 0. The first-order valence-corrected chi connectivity index (χ1v) is 4.71. The lowest BCUT2D eigenvalue weighted by molar-refractivity contribution is -0.129. The molecule has 1 amide bonds. The molecule has 0 atom stereocenters. The monoisotopic (exact) mass is 193 g/mol. The molecule has 0 unspecified atom stereocenters. The lowest BCUT2D eigenvalue weighted by Gasteiger charge is -2.19. The van der Waals surface area contributed by atoms with Gasteiger partial charge in [0, 0.05) is 19.7 Å². The molecule has 0 saturated heterocycles. The van der Waals surface area contributed by atoms with Gasteiger partial charge in [-0.3, -0.25) is 4.79 Å². The molecule has 0 aliphatic heterocycles. The molecule has 0 aliphatic carbocycles. The fourth-order valence-corrected chi connectivity index (χ4v) is 1.03. The summed E-state index contributed by atoms with van der Waals surface area (Å²) in [5.41, 5.74) is 0. The minimum Gasteiger partial charge on any atom is -0.380 e. The molecular formula is C8H16ClNO2. The molecule has 72 valence electrons. The van der Waals surface area contributed by atoms with E-state index in [1.165, 1.54) is 0 Å². The topological polar surface area (TPSA) is 29.5 Å². The molecule has 0 aromatic carbocycles. The number of halogens is 1. The van der Waals surface area contributed by atoms with Crippen molar-refractivity contribution in [1.82, 2.24) is 4.90 Å². The van der Waals surface area contributed by atoms with Gasteiger partial charge < -0.3 is 9.64 Å². The third-order valence-corrected chi connectivity index (χ3v) is 1.79. The predicted octanol–water partition coefficient (Wildman–Crippen LogP) is 1.11. The average molecular weight is 194 g/mol. The van der Waals surface area contributed by atoms with Gasteiger partial charge in [-0.1, -0.05) is 0 Å². The number of rotatable bonds is 6. The van der Waals surface area contributed by atoms with Crippen LogP contribution in [-0.2, 0) is 9.53 Å². The minimum absolute atomic E-state index is 0.0288. The van der Waals surface area contributed by atoms with Crippen molar-refractivity contribution in [1.29, 1.82) is 0 Å². The van der Waals surface area contributed by atoms with Gasteiger partial charge in [-0.2, -0.15) is 0 Å². The third-order valence-electron chi connectivity index (χ3n) is 1.56. The summed E-state index contributed by atoms with van der Waals surface area (Å²) in [5, 5.41) is 0. The van der Waals surface area contributed by atoms with Gasteiger partial charge in [0.15, 0.2) is 0 Å². The number of carbonyl (C=O) groups is 1. The fourth-order valence-electron chi connectivity index (χ4n) is 0.863. The largest absolute Gasteiger partial charge is 0.380 e. The normalized spacial score (nSPS) is 9.92. The molecular weight excluding hydrogens is 178 g/mol. The van der Waals surface area contributed by atoms with Crippen LogP contribution in [0.5, 0.6) is 0 Å². The van der Waals surface area contributed by atoms with Crippen LogP contribution >= 0.6 is 11.6 Å². The molecule has 0 aromatic heterocycles. The summed E-state index contributed by atoms with van der Waals surface area (Å²) < 4.78 is 5.12. The Labute approximate surface area is 78.6 Å². The highest BCUT2D eigenvalue weighted by atomic mass is 35.5. The van der Waals surface area contributed by atoms with E-state index >= 15 is 0 Å². The number of carbonyl (C=O) groups excluding carboxylic acids is 1. The van der Waals surface area contributed by atoms with Crippen LogP contribution in [0.3, 0.4) is 0 Å². The molecule has 3 nitrogen and oxygen atoms in total. The van der Waals surface area contributed by atoms with Gasteiger partial charge in [0.05, 0.1) is 6.61 Å². The smallest absolute Gasteiger partial charge is 0.237 e. The molecule has 0 spiro atoms. The number of nitrogens with zero attached hydrogens (tertiary/aromatic N) is 1. The van der Waals surface area contributed by atoms with Crippen LogP contribution in [0, 0.1) is 0 Å². The van der Waals surface area contributed by atoms with Gasteiger partial charge in [0.25, 0.3) is 0 Å². The van der Waals surface area contributed by atoms with E-state index in [4.69, 9.17) is 16.3 Å². The fraction of sp³-hybridized carbons (Fsp3) is 0.875. The Morgan fingerprint density at radius 1 is 1.50 bits per heavy atom. The van der Waals surface area contributed by atoms with Crippen LogP contribution in [-0.4, -0.2) is 43.0 Å². The van der Waals surface area contributed by atoms with E-state index in [1.807, 2.05) is 13.8 Å². The lowest BCUT2D eigenvalue weighted by atomic mass is 10.5. The maximum atomic E-state index is 11.1. The Bertz CT molecular complexity index is 130. The van der Waals surface area contributed by atoms with E-state index in [-0.39, 0.29) is 11.8 Å². The van der Waals surface area contributed by atoms with Crippen molar-refractivity contribution in [2.75, 3.05) is 32.2 Å². The second-order valence-corrected chi connectivity index (χ2v) is 2.57. The highest BCUT2D eigenvalue weighted by Crippen LogP contribution is 1.92. The second-order valence-electron chi connectivity index (χ2n) is 2.30. The van der Waals surface area contributed by atoms with Crippen molar-refractivity contribution in [3.05, 3.63) is 0 Å². The first kappa shape index (κ1) is 11.7. The van der Waals surface area contributed by atoms with Crippen LogP contribution in [0.25, 0.3) is 0 Å². The average Bonchev–Trinajstić information content (AvgIpc) is 2.11. The SMILES string of the molecule is CCOCCN(CC)C(=O)CCl. The van der Waals surface area contributed by atoms with Crippen molar-refractivity contribution >= 4 is 17.5 Å². The molecule has 0 heterocycles. The molecule has 4 heteroatoms. The number of ether oxygens (including phenoxy) is 1. The molecule has 0 fully saturated rings. The van der Waals surface area contributed by atoms with Gasteiger partial charge in [-0.05, 0) is 13.8 Å². The van der Waals surface area contributed by atoms with Crippen molar-refractivity contribution < 1.29 is 9.53 Å². The zero-order valence-corrected chi connectivity index (χ0v) is 8.43. The molecule has 0 N–H and O–H groups in total. The predicted molar refractivity (Wildman–Crippen MR) is 49.5 cm³/mol. The van der Waals surface area contributed by atoms with Crippen molar-refractivity contribution in [3.63, 3.8) is 0 Å². The Kier molecular flexibility index (Phi) is 7.20. The van der Waals surface area contributed by atoms with Crippen LogP contribution in [0.4, 0.5) is 0 Å². The highest BCUT2D eigenvalue weighted by molar-refractivity contribution is 6.27. The van der Waals surface area contributed by atoms with Crippen LogP contribution < -0.4 is 0 Å². The standard InChI is InChI=1S/C8H16ClNO2/c1-3-10(8(11)7-9)5-6-12-4-2/h3-7H2,1-2H3. The number of amides is 1. The molecule has 0 bridgehead atoms. The molecule has 0 radical (unpaired) electrons. The number of likely N-dealkylation sites (N-methyl/N-ethyl adjacent to an activating group) is 1. The van der Waals surface area contributed by atoms with Crippen molar-refractivity contribution in [3.8, 4) is 0 Å². The van der Waals surface area contributed by atoms with E-state index < -0.39 is 0 Å². The molecule has 0 saturated carbocycles. The first-order valence-electron chi connectivity index (χ1n) is 4.17. The molecule has 0 aromatic rings. The van der Waals surface area contributed by atoms with Gasteiger partial charge in [-0.15, -0.1) is 11.6 Å². The zero-order valence-electron chi connectivity index (χ0n) is 7.68. The summed E-state index contributed by atoms with van der Waals surface area (Å²) in [5.74, 6) is 0.0267. The quantitative estimate of drug-likeness (QED) is 0.467.